The molecule has 1 atom stereocenters. The molecule has 7 heteroatoms. The number of halogens is 3. The molecule has 150 valence electrons. The number of carbonyl (C=O) groups excluding carboxylic acids is 1. The summed E-state index contributed by atoms with van der Waals surface area (Å²) in [4.78, 5) is 18.0. The minimum Gasteiger partial charge on any atom is -0.369 e. The second-order valence-electron chi connectivity index (χ2n) is 7.23. The molecule has 0 bridgehead atoms. The van der Waals surface area contributed by atoms with E-state index in [1.54, 1.807) is 12.3 Å². The summed E-state index contributed by atoms with van der Waals surface area (Å²) in [5.74, 6) is -0.306. The van der Waals surface area contributed by atoms with Gasteiger partial charge in [0.2, 0.25) is 5.91 Å². The monoisotopic (exact) mass is 475 g/mol. The molecule has 2 rings (SSSR count). The zero-order valence-corrected chi connectivity index (χ0v) is 19.3. The fraction of sp³-hybridized carbons (Fsp3) is 0.600. The first-order chi connectivity index (χ1) is 12.8. The molecule has 0 aliphatic heterocycles. The fourth-order valence-electron chi connectivity index (χ4n) is 3.93. The fourth-order valence-corrected chi connectivity index (χ4v) is 4.77. The van der Waals surface area contributed by atoms with Crippen LogP contribution in [0.4, 0.5) is 0 Å². The minimum absolute atomic E-state index is 0.306. The number of amides is 1. The van der Waals surface area contributed by atoms with Gasteiger partial charge in [0.25, 0.3) is 0 Å². The molecule has 0 spiro atoms. The number of carbonyl (C=O) groups is 1. The van der Waals surface area contributed by atoms with Gasteiger partial charge in [-0.1, -0.05) is 72.7 Å². The van der Waals surface area contributed by atoms with Crippen molar-refractivity contribution in [2.75, 3.05) is 0 Å². The number of rotatable bonds is 10. The second kappa shape index (κ2) is 9.62. The van der Waals surface area contributed by atoms with E-state index in [0.29, 0.717) is 33.4 Å². The molecule has 0 fully saturated rings. The van der Waals surface area contributed by atoms with Crippen molar-refractivity contribution < 1.29 is 4.79 Å². The Balaban J connectivity index is 2.73. The SMILES string of the molecule is CCCC(CCC)(C(N)=O)c1c(CCCC(C)Br)nc2c(Cl)cc(Cl)cn12. The maximum atomic E-state index is 12.8. The molecule has 0 aliphatic carbocycles. The van der Waals surface area contributed by atoms with E-state index in [4.69, 9.17) is 33.9 Å². The van der Waals surface area contributed by atoms with E-state index in [2.05, 4.69) is 36.7 Å². The van der Waals surface area contributed by atoms with E-state index < -0.39 is 5.41 Å². The topological polar surface area (TPSA) is 60.4 Å². The summed E-state index contributed by atoms with van der Waals surface area (Å²) in [7, 11) is 0. The lowest BCUT2D eigenvalue weighted by molar-refractivity contribution is -0.124. The third-order valence-corrected chi connectivity index (χ3v) is 5.95. The average Bonchev–Trinajstić information content (AvgIpc) is 2.93. The molecule has 1 amide bonds. The van der Waals surface area contributed by atoms with Crippen LogP contribution in [0.1, 0.15) is 70.7 Å². The summed E-state index contributed by atoms with van der Waals surface area (Å²) in [6, 6.07) is 1.69. The van der Waals surface area contributed by atoms with Gasteiger partial charge in [-0.15, -0.1) is 0 Å². The van der Waals surface area contributed by atoms with E-state index in [-0.39, 0.29) is 5.91 Å². The molecule has 0 saturated heterocycles. The minimum atomic E-state index is -0.772. The van der Waals surface area contributed by atoms with Crippen molar-refractivity contribution >= 4 is 50.7 Å². The molecule has 0 radical (unpaired) electrons. The highest BCUT2D eigenvalue weighted by Gasteiger charge is 2.41. The van der Waals surface area contributed by atoms with Gasteiger partial charge in [0.1, 0.15) is 0 Å². The zero-order chi connectivity index (χ0) is 20.2. The molecule has 0 aliphatic rings. The van der Waals surface area contributed by atoms with Gasteiger partial charge in [0, 0.05) is 11.0 Å². The van der Waals surface area contributed by atoms with Crippen LogP contribution in [0.15, 0.2) is 12.3 Å². The maximum Gasteiger partial charge on any atom is 0.229 e. The Morgan fingerprint density at radius 3 is 2.48 bits per heavy atom. The number of nitrogens with two attached hydrogens (primary N) is 1. The number of fused-ring (bicyclic) bond motifs is 1. The number of pyridine rings is 1. The maximum absolute atomic E-state index is 12.8. The average molecular weight is 477 g/mol. The molecule has 4 nitrogen and oxygen atoms in total. The Hall–Kier alpha value is -0.780. The summed E-state index contributed by atoms with van der Waals surface area (Å²) < 4.78 is 1.90. The standard InChI is InChI=1S/C20H28BrCl2N3O/c1-4-9-20(10-5-2,19(24)27)17-16(8-6-7-13(3)21)25-18-15(23)11-14(22)12-26(17)18/h11-13H,4-10H2,1-3H3,(H2,24,27). The quantitative estimate of drug-likeness (QED) is 0.423. The molecule has 2 N–H and O–H groups in total. The lowest BCUT2D eigenvalue weighted by Gasteiger charge is -2.31. The van der Waals surface area contributed by atoms with Crippen LogP contribution in [0, 0.1) is 0 Å². The summed E-state index contributed by atoms with van der Waals surface area (Å²) in [5, 5.41) is 0.994. The van der Waals surface area contributed by atoms with Crippen LogP contribution in [0.5, 0.6) is 0 Å². The van der Waals surface area contributed by atoms with Gasteiger partial charge >= 0.3 is 0 Å². The number of imidazole rings is 1. The lowest BCUT2D eigenvalue weighted by atomic mass is 9.74. The van der Waals surface area contributed by atoms with Crippen LogP contribution in [-0.4, -0.2) is 20.1 Å². The van der Waals surface area contributed by atoms with E-state index >= 15 is 0 Å². The molecule has 2 aromatic rings. The summed E-state index contributed by atoms with van der Waals surface area (Å²) in [6.07, 6.45) is 7.60. The Kier molecular flexibility index (Phi) is 8.02. The Labute approximate surface area is 179 Å². The zero-order valence-electron chi connectivity index (χ0n) is 16.2. The normalized spacial score (nSPS) is 13.3. The van der Waals surface area contributed by atoms with Crippen molar-refractivity contribution in [3.63, 3.8) is 0 Å². The number of hydrogen-bond acceptors (Lipinski definition) is 2. The summed E-state index contributed by atoms with van der Waals surface area (Å²) in [6.45, 7) is 6.27. The van der Waals surface area contributed by atoms with Crippen molar-refractivity contribution in [2.45, 2.75) is 76.0 Å². The van der Waals surface area contributed by atoms with Gasteiger partial charge in [-0.2, -0.15) is 0 Å². The predicted octanol–water partition coefficient (Wildman–Crippen LogP) is 6.07. The van der Waals surface area contributed by atoms with Gasteiger partial charge in [-0.3, -0.25) is 9.20 Å². The molecule has 2 aromatic heterocycles. The number of nitrogens with zero attached hydrogens (tertiary/aromatic N) is 2. The Bertz CT molecular complexity index is 798. The van der Waals surface area contributed by atoms with Crippen LogP contribution < -0.4 is 5.73 Å². The first kappa shape index (κ1) is 22.5. The number of hydrogen-bond donors (Lipinski definition) is 1. The highest BCUT2D eigenvalue weighted by molar-refractivity contribution is 9.09. The largest absolute Gasteiger partial charge is 0.369 e. The molecule has 0 saturated carbocycles. The van der Waals surface area contributed by atoms with E-state index in [1.807, 2.05) is 4.40 Å². The highest BCUT2D eigenvalue weighted by Crippen LogP contribution is 2.39. The van der Waals surface area contributed by atoms with Crippen molar-refractivity contribution in [3.8, 4) is 0 Å². The number of alkyl halides is 1. The molecule has 2 heterocycles. The van der Waals surface area contributed by atoms with Gasteiger partial charge < -0.3 is 5.73 Å². The Morgan fingerprint density at radius 1 is 1.33 bits per heavy atom. The molecule has 1 unspecified atom stereocenters. The van der Waals surface area contributed by atoms with Crippen LogP contribution in [0.3, 0.4) is 0 Å². The smallest absolute Gasteiger partial charge is 0.229 e. The molecular formula is C20H28BrCl2N3O. The third kappa shape index (κ3) is 4.80. The lowest BCUT2D eigenvalue weighted by Crippen LogP contribution is -2.43. The summed E-state index contributed by atoms with van der Waals surface area (Å²) >= 11 is 16.3. The number of aromatic nitrogens is 2. The number of primary amides is 1. The van der Waals surface area contributed by atoms with Crippen molar-refractivity contribution in [1.29, 1.82) is 0 Å². The van der Waals surface area contributed by atoms with Crippen LogP contribution in [0.25, 0.3) is 5.65 Å². The van der Waals surface area contributed by atoms with E-state index in [1.165, 1.54) is 0 Å². The molecule has 0 aromatic carbocycles. The van der Waals surface area contributed by atoms with Crippen molar-refractivity contribution in [3.05, 3.63) is 33.7 Å². The summed E-state index contributed by atoms with van der Waals surface area (Å²) in [5.41, 5.74) is 7.62. The second-order valence-corrected chi connectivity index (χ2v) is 9.63. The third-order valence-electron chi connectivity index (χ3n) is 5.01. The van der Waals surface area contributed by atoms with Crippen LogP contribution in [-0.2, 0) is 16.6 Å². The van der Waals surface area contributed by atoms with Crippen LogP contribution >= 0.6 is 39.1 Å². The van der Waals surface area contributed by atoms with Crippen LogP contribution in [0.2, 0.25) is 10.0 Å². The molecular weight excluding hydrogens is 449 g/mol. The van der Waals surface area contributed by atoms with Gasteiger partial charge in [0.05, 0.1) is 26.8 Å². The first-order valence-corrected chi connectivity index (χ1v) is 11.2. The van der Waals surface area contributed by atoms with Gasteiger partial charge in [-0.25, -0.2) is 4.98 Å². The highest BCUT2D eigenvalue weighted by atomic mass is 79.9. The van der Waals surface area contributed by atoms with E-state index in [9.17, 15) is 4.79 Å². The Morgan fingerprint density at radius 2 is 1.96 bits per heavy atom. The van der Waals surface area contributed by atoms with Gasteiger partial charge in [-0.05, 0) is 38.2 Å². The first-order valence-electron chi connectivity index (χ1n) is 9.57. The van der Waals surface area contributed by atoms with Crippen molar-refractivity contribution in [1.82, 2.24) is 9.38 Å². The van der Waals surface area contributed by atoms with E-state index in [0.717, 1.165) is 43.5 Å². The van der Waals surface area contributed by atoms with Gasteiger partial charge in [0.15, 0.2) is 5.65 Å². The van der Waals surface area contributed by atoms with Crippen molar-refractivity contribution in [2.24, 2.45) is 5.73 Å². The predicted molar refractivity (Wildman–Crippen MR) is 117 cm³/mol. The number of aryl methyl sites for hydroxylation is 1. The molecule has 27 heavy (non-hydrogen) atoms.